The lowest BCUT2D eigenvalue weighted by molar-refractivity contribution is -0.125. The predicted octanol–water partition coefficient (Wildman–Crippen LogP) is 4.24. The van der Waals surface area contributed by atoms with Crippen LogP contribution >= 0.6 is 0 Å². The fraction of sp³-hybridized carbons (Fsp3) is 0.280. The summed E-state index contributed by atoms with van der Waals surface area (Å²) >= 11 is 0. The Kier molecular flexibility index (Phi) is 6.36. The number of hydrogen-bond acceptors (Lipinski definition) is 5. The third-order valence-corrected chi connectivity index (χ3v) is 5.50. The zero-order valence-electron chi connectivity index (χ0n) is 18.0. The molecule has 0 spiro atoms. The summed E-state index contributed by atoms with van der Waals surface area (Å²) in [6.45, 7) is 0.531. The molecule has 2 aromatic heterocycles. The molecule has 6 nitrogen and oxygen atoms in total. The number of aromatic nitrogens is 3. The standard InChI is InChI=1S/C25H27N5O/c1-30(2)25-28-17-22(19-12-14-26-15-13-19)23(29-25)20-10-8-18(9-11-20)16-27-24(31)21-6-4-3-5-7-21/h3-4,8-15,17,21H,5-7,16H2,1-2H3,(H,27,31)/t21-/m1/s1. The summed E-state index contributed by atoms with van der Waals surface area (Å²) in [5, 5.41) is 3.08. The molecule has 158 valence electrons. The first-order chi connectivity index (χ1) is 15.1. The first-order valence-corrected chi connectivity index (χ1v) is 10.6. The lowest BCUT2D eigenvalue weighted by Crippen LogP contribution is -2.30. The van der Waals surface area contributed by atoms with Gasteiger partial charge in [0.25, 0.3) is 0 Å². The van der Waals surface area contributed by atoms with Gasteiger partial charge in [0.1, 0.15) is 0 Å². The lowest BCUT2D eigenvalue weighted by atomic mass is 9.93. The van der Waals surface area contributed by atoms with Crippen molar-refractivity contribution in [2.45, 2.75) is 25.8 Å². The molecule has 1 aromatic carbocycles. The van der Waals surface area contributed by atoms with Crippen molar-refractivity contribution < 1.29 is 4.79 Å². The Hall–Kier alpha value is -3.54. The zero-order valence-corrected chi connectivity index (χ0v) is 18.0. The van der Waals surface area contributed by atoms with Crippen LogP contribution in [0.25, 0.3) is 22.4 Å². The fourth-order valence-electron chi connectivity index (χ4n) is 3.70. The number of allylic oxidation sites excluding steroid dienone is 2. The van der Waals surface area contributed by atoms with Crippen molar-refractivity contribution in [3.05, 3.63) is 72.7 Å². The zero-order chi connectivity index (χ0) is 21.6. The maximum Gasteiger partial charge on any atom is 0.225 e. The van der Waals surface area contributed by atoms with E-state index in [1.807, 2.05) is 49.5 Å². The van der Waals surface area contributed by atoms with Crippen LogP contribution in [0.5, 0.6) is 0 Å². The second-order valence-electron chi connectivity index (χ2n) is 7.96. The second kappa shape index (κ2) is 9.51. The Bertz CT molecular complexity index is 1060. The number of pyridine rings is 1. The molecular weight excluding hydrogens is 386 g/mol. The molecule has 1 N–H and O–H groups in total. The van der Waals surface area contributed by atoms with E-state index in [9.17, 15) is 4.79 Å². The van der Waals surface area contributed by atoms with Crippen LogP contribution in [0.3, 0.4) is 0 Å². The maximum atomic E-state index is 12.4. The molecule has 4 rings (SSSR count). The van der Waals surface area contributed by atoms with Gasteiger partial charge in [-0.1, -0.05) is 36.4 Å². The normalized spacial score (nSPS) is 15.5. The van der Waals surface area contributed by atoms with E-state index in [2.05, 4.69) is 39.6 Å². The van der Waals surface area contributed by atoms with Crippen LogP contribution in [0.2, 0.25) is 0 Å². The fourth-order valence-corrected chi connectivity index (χ4v) is 3.70. The van der Waals surface area contributed by atoms with Crippen LogP contribution in [-0.4, -0.2) is 35.0 Å². The van der Waals surface area contributed by atoms with E-state index in [1.54, 1.807) is 12.4 Å². The van der Waals surface area contributed by atoms with Gasteiger partial charge in [-0.05, 0) is 42.5 Å². The van der Waals surface area contributed by atoms with Crippen molar-refractivity contribution >= 4 is 11.9 Å². The average Bonchev–Trinajstić information content (AvgIpc) is 2.83. The van der Waals surface area contributed by atoms with Crippen LogP contribution in [-0.2, 0) is 11.3 Å². The van der Waals surface area contributed by atoms with E-state index >= 15 is 0 Å². The Morgan fingerprint density at radius 2 is 1.84 bits per heavy atom. The summed E-state index contributed by atoms with van der Waals surface area (Å²) in [7, 11) is 3.86. The number of benzene rings is 1. The molecule has 1 atom stereocenters. The molecule has 1 aliphatic carbocycles. The minimum Gasteiger partial charge on any atom is -0.352 e. The number of nitrogens with zero attached hydrogens (tertiary/aromatic N) is 4. The van der Waals surface area contributed by atoms with Crippen molar-refractivity contribution in [1.82, 2.24) is 20.3 Å². The van der Waals surface area contributed by atoms with Gasteiger partial charge in [0.05, 0.1) is 5.69 Å². The molecule has 0 unspecified atom stereocenters. The highest BCUT2D eigenvalue weighted by Crippen LogP contribution is 2.31. The molecule has 1 aliphatic rings. The van der Waals surface area contributed by atoms with Crippen molar-refractivity contribution in [2.24, 2.45) is 5.92 Å². The number of amides is 1. The van der Waals surface area contributed by atoms with Gasteiger partial charge < -0.3 is 10.2 Å². The first-order valence-electron chi connectivity index (χ1n) is 10.6. The van der Waals surface area contributed by atoms with E-state index in [4.69, 9.17) is 4.98 Å². The van der Waals surface area contributed by atoms with E-state index in [-0.39, 0.29) is 11.8 Å². The minimum atomic E-state index is 0.0951. The summed E-state index contributed by atoms with van der Waals surface area (Å²) in [5.41, 5.74) is 4.92. The van der Waals surface area contributed by atoms with Crippen molar-refractivity contribution in [3.8, 4) is 22.4 Å². The molecule has 0 radical (unpaired) electrons. The average molecular weight is 414 g/mol. The van der Waals surface area contributed by atoms with Gasteiger partial charge in [0.15, 0.2) is 0 Å². The summed E-state index contributed by atoms with van der Waals surface area (Å²) in [5.74, 6) is 0.892. The van der Waals surface area contributed by atoms with Crippen molar-refractivity contribution in [2.75, 3.05) is 19.0 Å². The van der Waals surface area contributed by atoms with Gasteiger partial charge in [0.2, 0.25) is 11.9 Å². The third-order valence-electron chi connectivity index (χ3n) is 5.50. The van der Waals surface area contributed by atoms with Gasteiger partial charge in [-0.25, -0.2) is 9.97 Å². The molecule has 31 heavy (non-hydrogen) atoms. The Morgan fingerprint density at radius 3 is 2.52 bits per heavy atom. The number of hydrogen-bond donors (Lipinski definition) is 1. The highest BCUT2D eigenvalue weighted by atomic mass is 16.1. The molecule has 0 aliphatic heterocycles. The van der Waals surface area contributed by atoms with Crippen LogP contribution in [0.4, 0.5) is 5.95 Å². The van der Waals surface area contributed by atoms with Gasteiger partial charge in [-0.15, -0.1) is 0 Å². The van der Waals surface area contributed by atoms with Crippen LogP contribution in [0.1, 0.15) is 24.8 Å². The van der Waals surface area contributed by atoms with E-state index < -0.39 is 0 Å². The van der Waals surface area contributed by atoms with Gasteiger partial charge >= 0.3 is 0 Å². The number of anilines is 1. The Labute approximate surface area is 183 Å². The van der Waals surface area contributed by atoms with Crippen molar-refractivity contribution in [1.29, 1.82) is 0 Å². The van der Waals surface area contributed by atoms with Crippen LogP contribution < -0.4 is 10.2 Å². The molecular formula is C25H27N5O. The third kappa shape index (κ3) is 4.97. The molecule has 3 aromatic rings. The lowest BCUT2D eigenvalue weighted by Gasteiger charge is -2.17. The highest BCUT2D eigenvalue weighted by molar-refractivity contribution is 5.81. The van der Waals surface area contributed by atoms with Crippen LogP contribution in [0, 0.1) is 5.92 Å². The van der Waals surface area contributed by atoms with E-state index in [0.717, 1.165) is 47.2 Å². The molecule has 0 bridgehead atoms. The number of carbonyl (C=O) groups excluding carboxylic acids is 1. The van der Waals surface area contributed by atoms with E-state index in [0.29, 0.717) is 12.5 Å². The summed E-state index contributed by atoms with van der Waals surface area (Å²) < 4.78 is 0. The van der Waals surface area contributed by atoms with Gasteiger partial charge in [-0.2, -0.15) is 0 Å². The SMILES string of the molecule is CN(C)c1ncc(-c2ccncc2)c(-c2ccc(CNC(=O)[C@@H]3CC=CCC3)cc2)n1. The quantitative estimate of drug-likeness (QED) is 0.612. The molecule has 2 heterocycles. The smallest absolute Gasteiger partial charge is 0.225 e. The first kappa shape index (κ1) is 20.7. The summed E-state index contributed by atoms with van der Waals surface area (Å²) in [4.78, 5) is 27.7. The molecule has 6 heteroatoms. The van der Waals surface area contributed by atoms with Crippen LogP contribution in [0.15, 0.2) is 67.1 Å². The monoisotopic (exact) mass is 413 g/mol. The second-order valence-corrected chi connectivity index (χ2v) is 7.96. The summed E-state index contributed by atoms with van der Waals surface area (Å²) in [6.07, 6.45) is 12.4. The largest absolute Gasteiger partial charge is 0.352 e. The topological polar surface area (TPSA) is 71.0 Å². The van der Waals surface area contributed by atoms with Gasteiger partial charge in [0, 0.05) is 56.3 Å². The highest BCUT2D eigenvalue weighted by Gasteiger charge is 2.18. The Balaban J connectivity index is 1.54. The number of rotatable bonds is 6. The molecule has 0 saturated carbocycles. The van der Waals surface area contributed by atoms with Gasteiger partial charge in [-0.3, -0.25) is 9.78 Å². The van der Waals surface area contributed by atoms with E-state index in [1.165, 1.54) is 0 Å². The number of carbonyl (C=O) groups is 1. The summed E-state index contributed by atoms with van der Waals surface area (Å²) in [6, 6.07) is 12.1. The predicted molar refractivity (Wildman–Crippen MR) is 123 cm³/mol. The van der Waals surface area contributed by atoms with Crippen molar-refractivity contribution in [3.63, 3.8) is 0 Å². The maximum absolute atomic E-state index is 12.4. The molecule has 0 saturated heterocycles. The molecule has 0 fully saturated rings. The minimum absolute atomic E-state index is 0.0951. The number of nitrogens with one attached hydrogen (secondary N) is 1. The Morgan fingerprint density at radius 1 is 1.06 bits per heavy atom. The molecule has 1 amide bonds.